The summed E-state index contributed by atoms with van der Waals surface area (Å²) in [5.41, 5.74) is -1.34. The van der Waals surface area contributed by atoms with Crippen molar-refractivity contribution in [3.05, 3.63) is 18.0 Å². The van der Waals surface area contributed by atoms with Gasteiger partial charge < -0.3 is 9.88 Å². The monoisotopic (exact) mass is 351 g/mol. The molecule has 1 N–H and O–H groups in total. The minimum Gasteiger partial charge on any atom is -0.350 e. The topological polar surface area (TPSA) is 71.4 Å². The number of halogens is 2. The molecule has 0 atom stereocenters. The molecule has 0 saturated heterocycles. The summed E-state index contributed by atoms with van der Waals surface area (Å²) in [5.74, 6) is -3.57. The van der Waals surface area contributed by atoms with Crippen molar-refractivity contribution in [2.24, 2.45) is 12.5 Å². The fourth-order valence-electron chi connectivity index (χ4n) is 1.66. The maximum atomic E-state index is 13.4. The second kappa shape index (κ2) is 6.20. The Labute approximate surface area is 135 Å². The molecule has 1 rings (SSSR count). The molecule has 1 amide bonds. The number of nitrogens with one attached hydrogen (secondary N) is 1. The first-order chi connectivity index (χ1) is 10.2. The molecular formula is C14H23F2N3O3S. The van der Waals surface area contributed by atoms with Gasteiger partial charge in [0.25, 0.3) is 11.8 Å². The van der Waals surface area contributed by atoms with Gasteiger partial charge in [-0.15, -0.1) is 0 Å². The Morgan fingerprint density at radius 1 is 1.30 bits per heavy atom. The molecule has 1 aromatic heterocycles. The summed E-state index contributed by atoms with van der Waals surface area (Å²) in [5, 5.41) is 2.43. The molecule has 0 spiro atoms. The molecule has 0 fully saturated rings. The van der Waals surface area contributed by atoms with E-state index in [0.717, 1.165) is 11.2 Å². The number of carbonyl (C=O) groups is 1. The number of carbonyl (C=O) groups excluding carboxylic acids is 1. The lowest BCUT2D eigenvalue weighted by atomic mass is 9.86. The summed E-state index contributed by atoms with van der Waals surface area (Å²) >= 11 is 0. The third kappa shape index (κ3) is 4.08. The van der Waals surface area contributed by atoms with Crippen LogP contribution >= 0.6 is 0 Å². The van der Waals surface area contributed by atoms with Crippen LogP contribution in [0.5, 0.6) is 0 Å². The molecule has 6 nitrogen and oxygen atoms in total. The average molecular weight is 351 g/mol. The van der Waals surface area contributed by atoms with E-state index in [0.29, 0.717) is 0 Å². The van der Waals surface area contributed by atoms with E-state index in [1.807, 2.05) is 0 Å². The number of alkyl halides is 2. The molecule has 0 saturated carbocycles. The number of aromatic nitrogens is 1. The highest BCUT2D eigenvalue weighted by Crippen LogP contribution is 2.34. The van der Waals surface area contributed by atoms with Gasteiger partial charge in [0.05, 0.1) is 0 Å². The highest BCUT2D eigenvalue weighted by atomic mass is 32.2. The van der Waals surface area contributed by atoms with E-state index >= 15 is 0 Å². The fraction of sp³-hybridized carbons (Fsp3) is 0.643. The van der Waals surface area contributed by atoms with Crippen LogP contribution < -0.4 is 5.32 Å². The summed E-state index contributed by atoms with van der Waals surface area (Å²) in [6.07, 6.45) is 1.31. The molecule has 0 aliphatic carbocycles. The van der Waals surface area contributed by atoms with Crippen LogP contribution in [0.3, 0.4) is 0 Å². The standard InChI is InChI=1S/C14H23F2N3O3S/c1-13(2,14(3,15)16)9-17-12(20)11-7-10(8-19(11)6)23(21,22)18(4)5/h7-8H,9H2,1-6H3,(H,17,20). The van der Waals surface area contributed by atoms with Gasteiger partial charge in [0, 0.05) is 39.3 Å². The van der Waals surface area contributed by atoms with E-state index < -0.39 is 27.3 Å². The van der Waals surface area contributed by atoms with Crippen molar-refractivity contribution in [1.29, 1.82) is 0 Å². The van der Waals surface area contributed by atoms with Crippen molar-refractivity contribution in [2.75, 3.05) is 20.6 Å². The van der Waals surface area contributed by atoms with Gasteiger partial charge in [-0.2, -0.15) is 0 Å². The van der Waals surface area contributed by atoms with E-state index in [1.54, 1.807) is 0 Å². The first kappa shape index (κ1) is 19.6. The number of amides is 1. The Morgan fingerprint density at radius 2 is 1.83 bits per heavy atom. The van der Waals surface area contributed by atoms with Gasteiger partial charge in [0.1, 0.15) is 10.6 Å². The van der Waals surface area contributed by atoms with Crippen LogP contribution in [0.2, 0.25) is 0 Å². The predicted molar refractivity (Wildman–Crippen MR) is 83.0 cm³/mol. The molecule has 1 aromatic rings. The van der Waals surface area contributed by atoms with E-state index in [9.17, 15) is 22.0 Å². The van der Waals surface area contributed by atoms with Crippen LogP contribution in [0.1, 0.15) is 31.3 Å². The minimum absolute atomic E-state index is 0.0322. The van der Waals surface area contributed by atoms with Crippen molar-refractivity contribution in [3.8, 4) is 0 Å². The summed E-state index contributed by atoms with van der Waals surface area (Å²) in [6.45, 7) is 3.25. The van der Waals surface area contributed by atoms with Crippen molar-refractivity contribution in [2.45, 2.75) is 31.6 Å². The van der Waals surface area contributed by atoms with E-state index in [4.69, 9.17) is 0 Å². The van der Waals surface area contributed by atoms with Crippen LogP contribution in [-0.2, 0) is 17.1 Å². The average Bonchev–Trinajstić information content (AvgIpc) is 2.77. The number of hydrogen-bond acceptors (Lipinski definition) is 3. The first-order valence-corrected chi connectivity index (χ1v) is 8.39. The van der Waals surface area contributed by atoms with Gasteiger partial charge in [0.2, 0.25) is 10.0 Å². The van der Waals surface area contributed by atoms with Gasteiger partial charge in [-0.25, -0.2) is 21.5 Å². The zero-order chi connectivity index (χ0) is 18.2. The van der Waals surface area contributed by atoms with E-state index in [2.05, 4.69) is 5.32 Å². The van der Waals surface area contributed by atoms with Crippen LogP contribution in [0, 0.1) is 5.41 Å². The number of aryl methyl sites for hydroxylation is 1. The molecular weight excluding hydrogens is 328 g/mol. The van der Waals surface area contributed by atoms with Gasteiger partial charge in [-0.05, 0) is 13.0 Å². The number of nitrogens with zero attached hydrogens (tertiary/aromatic N) is 2. The summed E-state index contributed by atoms with van der Waals surface area (Å²) in [7, 11) is 0.617. The Hall–Kier alpha value is -1.48. The highest BCUT2D eigenvalue weighted by molar-refractivity contribution is 7.89. The molecule has 9 heteroatoms. The van der Waals surface area contributed by atoms with E-state index in [-0.39, 0.29) is 17.1 Å². The third-order valence-electron chi connectivity index (χ3n) is 3.87. The quantitative estimate of drug-likeness (QED) is 0.848. The van der Waals surface area contributed by atoms with Gasteiger partial charge in [-0.1, -0.05) is 13.8 Å². The van der Waals surface area contributed by atoms with Crippen molar-refractivity contribution < 1.29 is 22.0 Å². The lowest BCUT2D eigenvalue weighted by molar-refractivity contribution is -0.0857. The Bertz CT molecular complexity index is 689. The fourth-order valence-corrected chi connectivity index (χ4v) is 2.63. The zero-order valence-corrected chi connectivity index (χ0v) is 15.0. The maximum absolute atomic E-state index is 13.4. The molecule has 0 unspecified atom stereocenters. The van der Waals surface area contributed by atoms with Crippen LogP contribution in [0.4, 0.5) is 8.78 Å². The maximum Gasteiger partial charge on any atom is 0.267 e. The molecule has 0 bridgehead atoms. The van der Waals surface area contributed by atoms with Crippen molar-refractivity contribution >= 4 is 15.9 Å². The second-order valence-electron chi connectivity index (χ2n) is 6.41. The van der Waals surface area contributed by atoms with E-state index in [1.165, 1.54) is 51.8 Å². The highest BCUT2D eigenvalue weighted by Gasteiger charge is 2.42. The van der Waals surface area contributed by atoms with Crippen LogP contribution in [0.15, 0.2) is 17.2 Å². The lowest BCUT2D eigenvalue weighted by Gasteiger charge is -2.31. The third-order valence-corrected chi connectivity index (χ3v) is 5.65. The molecule has 23 heavy (non-hydrogen) atoms. The van der Waals surface area contributed by atoms with Gasteiger partial charge in [-0.3, -0.25) is 4.79 Å². The molecule has 132 valence electrons. The predicted octanol–water partition coefficient (Wildman–Crippen LogP) is 1.69. The Kier molecular flexibility index (Phi) is 5.27. The van der Waals surface area contributed by atoms with Gasteiger partial charge >= 0.3 is 0 Å². The number of sulfonamides is 1. The Morgan fingerprint density at radius 3 is 2.26 bits per heavy atom. The van der Waals surface area contributed by atoms with Crippen molar-refractivity contribution in [1.82, 2.24) is 14.2 Å². The lowest BCUT2D eigenvalue weighted by Crippen LogP contribution is -2.44. The zero-order valence-electron chi connectivity index (χ0n) is 14.1. The largest absolute Gasteiger partial charge is 0.350 e. The molecule has 0 aliphatic rings. The van der Waals surface area contributed by atoms with Crippen LogP contribution in [-0.4, -0.2) is 49.8 Å². The van der Waals surface area contributed by atoms with Gasteiger partial charge in [0.15, 0.2) is 0 Å². The summed E-state index contributed by atoms with van der Waals surface area (Å²) in [6, 6.07) is 1.22. The smallest absolute Gasteiger partial charge is 0.267 e. The SMILES string of the molecule is CN(C)S(=O)(=O)c1cc(C(=O)NCC(C)(C)C(C)(F)F)n(C)c1. The molecule has 0 radical (unpaired) electrons. The normalized spacial score (nSPS) is 13.4. The first-order valence-electron chi connectivity index (χ1n) is 6.95. The van der Waals surface area contributed by atoms with Crippen molar-refractivity contribution in [3.63, 3.8) is 0 Å². The number of rotatable bonds is 6. The Balaban J connectivity index is 2.98. The van der Waals surface area contributed by atoms with Crippen LogP contribution in [0.25, 0.3) is 0 Å². The summed E-state index contributed by atoms with van der Waals surface area (Å²) < 4.78 is 53.4. The second-order valence-corrected chi connectivity index (χ2v) is 8.57. The molecule has 1 heterocycles. The minimum atomic E-state index is -3.67. The summed E-state index contributed by atoms with van der Waals surface area (Å²) in [4.78, 5) is 12.1. The molecule has 0 aliphatic heterocycles. The number of hydrogen-bond donors (Lipinski definition) is 1. The molecule has 0 aromatic carbocycles.